The number of carboxylic acid groups (broad SMARTS) is 1. The molecule has 3 heterocycles. The lowest BCUT2D eigenvalue weighted by molar-refractivity contribution is -0.179. The summed E-state index contributed by atoms with van der Waals surface area (Å²) in [5.74, 6) is -1.53. The number of carboxylic acids is 1. The van der Waals surface area contributed by atoms with E-state index in [1.165, 1.54) is 27.6 Å². The Hall–Kier alpha value is -2.32. The van der Waals surface area contributed by atoms with E-state index >= 15 is 0 Å². The normalized spacial score (nSPS) is 28.7. The van der Waals surface area contributed by atoms with Gasteiger partial charge in [0.15, 0.2) is 0 Å². The van der Waals surface area contributed by atoms with Crippen LogP contribution in [0.5, 0.6) is 0 Å². The molecule has 1 N–H and O–H groups in total. The second-order valence-corrected chi connectivity index (χ2v) is 6.92. The van der Waals surface area contributed by atoms with Crippen molar-refractivity contribution in [2.45, 2.75) is 18.0 Å². The van der Waals surface area contributed by atoms with Gasteiger partial charge in [-0.05, 0) is 30.7 Å². The molecule has 0 bridgehead atoms. The van der Waals surface area contributed by atoms with Crippen LogP contribution in [0.15, 0.2) is 36.0 Å². The fraction of sp³-hybridized carbons (Fsp3) is 0.312. The molecule has 1 unspecified atom stereocenters. The first-order chi connectivity index (χ1) is 11.5. The van der Waals surface area contributed by atoms with Crippen LogP contribution in [0.25, 0.3) is 0 Å². The van der Waals surface area contributed by atoms with Crippen molar-refractivity contribution in [2.24, 2.45) is 0 Å². The molecule has 0 saturated carbocycles. The van der Waals surface area contributed by atoms with Crippen LogP contribution in [0.3, 0.4) is 0 Å². The lowest BCUT2D eigenvalue weighted by Gasteiger charge is -2.56. The SMILES string of the molecule is Cc1cccc(N2C(=O)COC23C(=O)N2C(C(=O)O)=CCS[C@@H]23)c1. The van der Waals surface area contributed by atoms with Crippen LogP contribution >= 0.6 is 11.8 Å². The minimum atomic E-state index is -1.45. The molecule has 2 atom stereocenters. The van der Waals surface area contributed by atoms with Gasteiger partial charge in [0.1, 0.15) is 17.7 Å². The van der Waals surface area contributed by atoms with Gasteiger partial charge in [-0.1, -0.05) is 12.1 Å². The third-order valence-corrected chi connectivity index (χ3v) is 5.57. The maximum atomic E-state index is 12.8. The van der Waals surface area contributed by atoms with E-state index in [1.807, 2.05) is 25.1 Å². The van der Waals surface area contributed by atoms with Gasteiger partial charge in [-0.25, -0.2) is 4.79 Å². The summed E-state index contributed by atoms with van der Waals surface area (Å²) in [6.07, 6.45) is 1.50. The van der Waals surface area contributed by atoms with Crippen molar-refractivity contribution in [1.82, 2.24) is 4.90 Å². The van der Waals surface area contributed by atoms with Gasteiger partial charge in [0, 0.05) is 11.4 Å². The molecule has 2 fully saturated rings. The first-order valence-corrected chi connectivity index (χ1v) is 8.44. The molecule has 0 aromatic heterocycles. The number of rotatable bonds is 2. The lowest BCUT2D eigenvalue weighted by atomic mass is 9.97. The number of amides is 2. The third-order valence-electron chi connectivity index (χ3n) is 4.36. The van der Waals surface area contributed by atoms with Gasteiger partial charge >= 0.3 is 5.97 Å². The second-order valence-electron chi connectivity index (χ2n) is 5.81. The van der Waals surface area contributed by atoms with Crippen LogP contribution in [-0.4, -0.2) is 51.2 Å². The topological polar surface area (TPSA) is 87.2 Å². The molecule has 0 radical (unpaired) electrons. The van der Waals surface area contributed by atoms with E-state index in [-0.39, 0.29) is 18.2 Å². The highest BCUT2D eigenvalue weighted by molar-refractivity contribution is 8.00. The summed E-state index contributed by atoms with van der Waals surface area (Å²) in [7, 11) is 0. The molecule has 0 aliphatic carbocycles. The van der Waals surface area contributed by atoms with Gasteiger partial charge in [0.25, 0.3) is 17.5 Å². The molecule has 1 spiro atoms. The molecule has 24 heavy (non-hydrogen) atoms. The van der Waals surface area contributed by atoms with E-state index in [9.17, 15) is 19.5 Å². The van der Waals surface area contributed by atoms with Crippen LogP contribution < -0.4 is 4.90 Å². The van der Waals surface area contributed by atoms with Crippen molar-refractivity contribution in [2.75, 3.05) is 17.3 Å². The van der Waals surface area contributed by atoms with E-state index in [2.05, 4.69) is 0 Å². The summed E-state index contributed by atoms with van der Waals surface area (Å²) in [6.45, 7) is 1.70. The standard InChI is InChI=1S/C16H14N2O5S/c1-9-3-2-4-10(7-9)18-12(19)8-23-16(18)14(22)17-11(13(20)21)5-6-24-15(16)17/h2-5,7,15H,6,8H2,1H3,(H,20,21)/t15-,16?/m1/s1. The Morgan fingerprint density at radius 1 is 1.42 bits per heavy atom. The molecule has 3 aliphatic rings. The first kappa shape index (κ1) is 15.2. The van der Waals surface area contributed by atoms with Crippen LogP contribution in [0.2, 0.25) is 0 Å². The number of fused-ring (bicyclic) bond motifs is 2. The van der Waals surface area contributed by atoms with Gasteiger partial charge in [0.05, 0.1) is 0 Å². The Balaban J connectivity index is 1.78. The number of hydrogen-bond donors (Lipinski definition) is 1. The lowest BCUT2D eigenvalue weighted by Crippen LogP contribution is -2.79. The highest BCUT2D eigenvalue weighted by Crippen LogP contribution is 2.51. The Bertz CT molecular complexity index is 807. The minimum Gasteiger partial charge on any atom is -0.477 e. The number of carbonyl (C=O) groups excluding carboxylic acids is 2. The predicted molar refractivity (Wildman–Crippen MR) is 86.2 cm³/mol. The zero-order chi connectivity index (χ0) is 17.1. The molecule has 2 saturated heterocycles. The van der Waals surface area contributed by atoms with Crippen molar-refractivity contribution in [3.63, 3.8) is 0 Å². The van der Waals surface area contributed by atoms with E-state index in [0.29, 0.717) is 11.4 Å². The summed E-state index contributed by atoms with van der Waals surface area (Å²) in [5, 5.41) is 8.73. The highest BCUT2D eigenvalue weighted by Gasteiger charge is 2.72. The van der Waals surface area contributed by atoms with E-state index < -0.39 is 23.0 Å². The van der Waals surface area contributed by atoms with Crippen LogP contribution in [0.4, 0.5) is 5.69 Å². The molecule has 3 aliphatic heterocycles. The average Bonchev–Trinajstić information content (AvgIpc) is 2.93. The number of ether oxygens (including phenoxy) is 1. The zero-order valence-corrected chi connectivity index (χ0v) is 13.6. The zero-order valence-electron chi connectivity index (χ0n) is 12.8. The minimum absolute atomic E-state index is 0.0542. The van der Waals surface area contributed by atoms with Crippen molar-refractivity contribution in [3.05, 3.63) is 41.6 Å². The van der Waals surface area contributed by atoms with Crippen LogP contribution in [0, 0.1) is 6.92 Å². The largest absolute Gasteiger partial charge is 0.477 e. The number of carbonyl (C=O) groups is 3. The van der Waals surface area contributed by atoms with Gasteiger partial charge in [0.2, 0.25) is 0 Å². The van der Waals surface area contributed by atoms with Crippen LogP contribution in [-0.2, 0) is 19.1 Å². The maximum Gasteiger partial charge on any atom is 0.352 e. The maximum absolute atomic E-state index is 12.8. The smallest absolute Gasteiger partial charge is 0.352 e. The van der Waals surface area contributed by atoms with Gasteiger partial charge in [-0.15, -0.1) is 11.8 Å². The van der Waals surface area contributed by atoms with E-state index in [0.717, 1.165) is 5.56 Å². The predicted octanol–water partition coefficient (Wildman–Crippen LogP) is 0.938. The summed E-state index contributed by atoms with van der Waals surface area (Å²) < 4.78 is 5.65. The molecule has 8 heteroatoms. The Morgan fingerprint density at radius 3 is 2.92 bits per heavy atom. The number of hydrogen-bond acceptors (Lipinski definition) is 5. The number of β-lactam (4-membered cyclic amide) rings is 1. The Morgan fingerprint density at radius 2 is 2.21 bits per heavy atom. The second kappa shape index (κ2) is 5.09. The van der Waals surface area contributed by atoms with Gasteiger partial charge < -0.3 is 9.84 Å². The fourth-order valence-corrected chi connectivity index (χ4v) is 4.65. The van der Waals surface area contributed by atoms with Gasteiger partial charge in [-0.3, -0.25) is 19.4 Å². The van der Waals surface area contributed by atoms with E-state index in [4.69, 9.17) is 4.74 Å². The quantitative estimate of drug-likeness (QED) is 0.802. The highest BCUT2D eigenvalue weighted by atomic mass is 32.2. The molecule has 1 aromatic rings. The molecule has 2 amide bonds. The molecule has 124 valence electrons. The van der Waals surface area contributed by atoms with Crippen LogP contribution in [0.1, 0.15) is 5.56 Å². The molecular formula is C16H14N2O5S. The number of aryl methyl sites for hydroxylation is 1. The average molecular weight is 346 g/mol. The summed E-state index contributed by atoms with van der Waals surface area (Å²) in [6, 6.07) is 7.26. The number of anilines is 1. The van der Waals surface area contributed by atoms with Crippen molar-refractivity contribution >= 4 is 35.2 Å². The Labute approximate surface area is 141 Å². The van der Waals surface area contributed by atoms with Gasteiger partial charge in [-0.2, -0.15) is 0 Å². The monoisotopic (exact) mass is 346 g/mol. The number of nitrogens with zero attached hydrogens (tertiary/aromatic N) is 2. The Kier molecular flexibility index (Phi) is 3.23. The summed E-state index contributed by atoms with van der Waals surface area (Å²) in [4.78, 5) is 39.2. The molecule has 1 aromatic carbocycles. The molecule has 4 rings (SSSR count). The first-order valence-electron chi connectivity index (χ1n) is 7.39. The number of aliphatic carboxylic acids is 1. The van der Waals surface area contributed by atoms with Crippen molar-refractivity contribution in [3.8, 4) is 0 Å². The third kappa shape index (κ3) is 1.81. The fourth-order valence-electron chi connectivity index (χ4n) is 3.35. The number of benzene rings is 1. The molecular weight excluding hydrogens is 332 g/mol. The van der Waals surface area contributed by atoms with Crippen molar-refractivity contribution in [1.29, 1.82) is 0 Å². The molecule has 7 nitrogen and oxygen atoms in total. The summed E-state index contributed by atoms with van der Waals surface area (Å²) in [5.41, 5.74) is 0.0252. The van der Waals surface area contributed by atoms with Crippen molar-refractivity contribution < 1.29 is 24.2 Å². The van der Waals surface area contributed by atoms with E-state index in [1.54, 1.807) is 6.07 Å². The summed E-state index contributed by atoms with van der Waals surface area (Å²) >= 11 is 1.39. The number of thioether (sulfide) groups is 1.